The van der Waals surface area contributed by atoms with Crippen molar-refractivity contribution in [1.29, 1.82) is 0 Å². The molecule has 1 atom stereocenters. The monoisotopic (exact) mass is 146 g/mol. The van der Waals surface area contributed by atoms with E-state index >= 15 is 0 Å². The third-order valence-corrected chi connectivity index (χ3v) is 1.27. The highest BCUT2D eigenvalue weighted by molar-refractivity contribution is 7.79. The van der Waals surface area contributed by atoms with Gasteiger partial charge >= 0.3 is 5.97 Å². The third-order valence-electron chi connectivity index (χ3n) is 0.863. The molecule has 0 aliphatic carbocycles. The van der Waals surface area contributed by atoms with Crippen LogP contribution in [0.3, 0.4) is 0 Å². The van der Waals surface area contributed by atoms with E-state index in [1.54, 1.807) is 13.8 Å². The van der Waals surface area contributed by atoms with Crippen molar-refractivity contribution < 1.29 is 9.53 Å². The van der Waals surface area contributed by atoms with Crippen LogP contribution in [0.25, 0.3) is 0 Å². The SMILES string of the molecule is CCOC(=O)C(C)C=S. The van der Waals surface area contributed by atoms with E-state index in [1.165, 1.54) is 5.37 Å². The molecule has 0 aliphatic heterocycles. The van der Waals surface area contributed by atoms with Crippen molar-refractivity contribution >= 4 is 23.6 Å². The number of thiocarbonyl (C=S) groups is 1. The standard InChI is InChI=1S/C6H10O2S/c1-3-8-6(7)5(2)4-9/h4-5H,3H2,1-2H3. The van der Waals surface area contributed by atoms with Crippen LogP contribution in [-0.4, -0.2) is 17.9 Å². The van der Waals surface area contributed by atoms with Gasteiger partial charge in [0.15, 0.2) is 0 Å². The Morgan fingerprint density at radius 1 is 1.89 bits per heavy atom. The molecule has 0 fully saturated rings. The van der Waals surface area contributed by atoms with Crippen molar-refractivity contribution in [2.75, 3.05) is 6.61 Å². The number of rotatable bonds is 3. The van der Waals surface area contributed by atoms with Crippen molar-refractivity contribution in [3.8, 4) is 0 Å². The van der Waals surface area contributed by atoms with Crippen LogP contribution >= 0.6 is 12.2 Å². The van der Waals surface area contributed by atoms with E-state index in [9.17, 15) is 4.79 Å². The van der Waals surface area contributed by atoms with Gasteiger partial charge in [-0.05, 0) is 19.2 Å². The van der Waals surface area contributed by atoms with Crippen LogP contribution in [0.2, 0.25) is 0 Å². The normalized spacial score (nSPS) is 12.2. The molecule has 0 amide bonds. The predicted octanol–water partition coefficient (Wildman–Crippen LogP) is 1.19. The Hall–Kier alpha value is -0.440. The first-order valence-corrected chi connectivity index (χ1v) is 3.31. The molecule has 0 aromatic heterocycles. The maximum atomic E-state index is 10.7. The van der Waals surface area contributed by atoms with E-state index in [0.717, 1.165) is 0 Å². The molecule has 9 heavy (non-hydrogen) atoms. The highest BCUT2D eigenvalue weighted by Gasteiger charge is 2.08. The van der Waals surface area contributed by atoms with Crippen LogP contribution in [0.1, 0.15) is 13.8 Å². The minimum Gasteiger partial charge on any atom is -0.466 e. The average molecular weight is 146 g/mol. The van der Waals surface area contributed by atoms with Gasteiger partial charge < -0.3 is 4.74 Å². The molecule has 0 saturated carbocycles. The summed E-state index contributed by atoms with van der Waals surface area (Å²) in [4.78, 5) is 10.7. The summed E-state index contributed by atoms with van der Waals surface area (Å²) < 4.78 is 4.66. The zero-order valence-electron chi connectivity index (χ0n) is 5.59. The molecule has 0 aliphatic rings. The lowest BCUT2D eigenvalue weighted by Crippen LogP contribution is -2.14. The van der Waals surface area contributed by atoms with Gasteiger partial charge in [0.1, 0.15) is 0 Å². The van der Waals surface area contributed by atoms with E-state index in [2.05, 4.69) is 17.0 Å². The molecule has 0 heterocycles. The number of hydrogen-bond acceptors (Lipinski definition) is 3. The van der Waals surface area contributed by atoms with Gasteiger partial charge in [-0.1, -0.05) is 12.2 Å². The molecule has 0 bridgehead atoms. The minimum absolute atomic E-state index is 0.243. The number of carbonyl (C=O) groups is 1. The van der Waals surface area contributed by atoms with Crippen molar-refractivity contribution in [3.63, 3.8) is 0 Å². The Bertz CT molecular complexity index is 112. The summed E-state index contributed by atoms with van der Waals surface area (Å²) in [5.74, 6) is -0.493. The van der Waals surface area contributed by atoms with Crippen LogP contribution < -0.4 is 0 Å². The number of ether oxygens (including phenoxy) is 1. The summed E-state index contributed by atoms with van der Waals surface area (Å²) in [7, 11) is 0. The molecule has 0 rings (SSSR count). The van der Waals surface area contributed by atoms with E-state index in [1.807, 2.05) is 0 Å². The fourth-order valence-electron chi connectivity index (χ4n) is 0.329. The lowest BCUT2D eigenvalue weighted by atomic mass is 10.2. The predicted molar refractivity (Wildman–Crippen MR) is 39.5 cm³/mol. The summed E-state index contributed by atoms with van der Waals surface area (Å²) in [5.41, 5.74) is 0. The Morgan fingerprint density at radius 2 is 2.44 bits per heavy atom. The van der Waals surface area contributed by atoms with Gasteiger partial charge in [0.05, 0.1) is 12.5 Å². The Labute approximate surface area is 60.2 Å². The van der Waals surface area contributed by atoms with E-state index < -0.39 is 0 Å². The topological polar surface area (TPSA) is 26.3 Å². The van der Waals surface area contributed by atoms with E-state index in [-0.39, 0.29) is 11.9 Å². The second kappa shape index (κ2) is 4.44. The highest BCUT2D eigenvalue weighted by Crippen LogP contribution is 1.93. The second-order valence-electron chi connectivity index (χ2n) is 1.68. The molecule has 2 nitrogen and oxygen atoms in total. The molecule has 3 heteroatoms. The Kier molecular flexibility index (Phi) is 4.22. The maximum Gasteiger partial charge on any atom is 0.313 e. The van der Waals surface area contributed by atoms with Gasteiger partial charge in [0.25, 0.3) is 0 Å². The summed E-state index contributed by atoms with van der Waals surface area (Å²) >= 11 is 4.54. The highest BCUT2D eigenvalue weighted by atomic mass is 32.1. The molecular weight excluding hydrogens is 136 g/mol. The Balaban J connectivity index is 3.58. The quantitative estimate of drug-likeness (QED) is 0.442. The molecule has 1 unspecified atom stereocenters. The van der Waals surface area contributed by atoms with Gasteiger partial charge in [-0.25, -0.2) is 0 Å². The zero-order valence-corrected chi connectivity index (χ0v) is 6.40. The third kappa shape index (κ3) is 3.19. The van der Waals surface area contributed by atoms with Crippen LogP contribution in [0.4, 0.5) is 0 Å². The van der Waals surface area contributed by atoms with Gasteiger partial charge in [-0.15, -0.1) is 0 Å². The molecule has 0 spiro atoms. The summed E-state index contributed by atoms with van der Waals surface area (Å²) in [6.45, 7) is 3.91. The van der Waals surface area contributed by atoms with Gasteiger partial charge in [0, 0.05) is 0 Å². The first-order chi connectivity index (χ1) is 4.22. The van der Waals surface area contributed by atoms with Crippen LogP contribution in [-0.2, 0) is 9.53 Å². The number of esters is 1. The lowest BCUT2D eigenvalue weighted by molar-refractivity contribution is -0.144. The molecular formula is C6H10O2S. The minimum atomic E-state index is -0.250. The van der Waals surface area contributed by atoms with Gasteiger partial charge in [-0.3, -0.25) is 4.79 Å². The largest absolute Gasteiger partial charge is 0.466 e. The lowest BCUT2D eigenvalue weighted by Gasteiger charge is -2.02. The molecule has 0 N–H and O–H groups in total. The fraction of sp³-hybridized carbons (Fsp3) is 0.667. The van der Waals surface area contributed by atoms with Crippen LogP contribution in [0.5, 0.6) is 0 Å². The first kappa shape index (κ1) is 8.56. The smallest absolute Gasteiger partial charge is 0.313 e. The first-order valence-electron chi connectivity index (χ1n) is 2.84. The van der Waals surface area contributed by atoms with E-state index in [4.69, 9.17) is 0 Å². The zero-order chi connectivity index (χ0) is 7.28. The Morgan fingerprint density at radius 3 is 2.78 bits per heavy atom. The van der Waals surface area contributed by atoms with Gasteiger partial charge in [0.2, 0.25) is 0 Å². The van der Waals surface area contributed by atoms with Crippen molar-refractivity contribution in [2.24, 2.45) is 5.92 Å². The summed E-state index contributed by atoms with van der Waals surface area (Å²) in [5, 5.41) is 1.40. The molecule has 0 aromatic rings. The van der Waals surface area contributed by atoms with Crippen molar-refractivity contribution in [1.82, 2.24) is 0 Å². The average Bonchev–Trinajstić information content (AvgIpc) is 1.87. The van der Waals surface area contributed by atoms with Crippen molar-refractivity contribution in [3.05, 3.63) is 0 Å². The molecule has 0 saturated heterocycles. The number of carbonyl (C=O) groups excluding carboxylic acids is 1. The summed E-state index contributed by atoms with van der Waals surface area (Å²) in [6, 6.07) is 0. The second-order valence-corrected chi connectivity index (χ2v) is 1.95. The molecule has 52 valence electrons. The van der Waals surface area contributed by atoms with Crippen LogP contribution in [0.15, 0.2) is 0 Å². The van der Waals surface area contributed by atoms with Crippen molar-refractivity contribution in [2.45, 2.75) is 13.8 Å². The summed E-state index contributed by atoms with van der Waals surface area (Å²) in [6.07, 6.45) is 0. The van der Waals surface area contributed by atoms with Crippen LogP contribution in [0, 0.1) is 5.92 Å². The maximum absolute atomic E-state index is 10.7. The van der Waals surface area contributed by atoms with Gasteiger partial charge in [-0.2, -0.15) is 0 Å². The van der Waals surface area contributed by atoms with E-state index in [0.29, 0.717) is 6.61 Å². The molecule has 0 radical (unpaired) electrons. The fourth-order valence-corrected chi connectivity index (χ4v) is 0.440. The molecule has 0 aromatic carbocycles. The number of hydrogen-bond donors (Lipinski definition) is 0.